The molecular weight excluding hydrogens is 276 g/mol. The predicted molar refractivity (Wildman–Crippen MR) is 82.4 cm³/mol. The Kier molecular flexibility index (Phi) is 8.64. The Morgan fingerprint density at radius 3 is 2.75 bits per heavy atom. The average molecular weight is 301 g/mol. The Labute approximate surface area is 125 Å². The van der Waals surface area contributed by atoms with Crippen molar-refractivity contribution in [1.82, 2.24) is 15.1 Å². The highest BCUT2D eigenvalue weighted by Gasteiger charge is 2.11. The standard InChI is InChI=1S/C13H25N4O2S/c1-16(13(19)11-20-10-3-12(14)18)6-2-7-17-8-4-15-5-9-17/h3,15H,2,4-11H2,1H3,(H2,14,18). The second kappa shape index (κ2) is 10.0. The number of primary amides is 1. The number of hydrogen-bond donors (Lipinski definition) is 2. The maximum Gasteiger partial charge on any atom is 0.232 e. The van der Waals surface area contributed by atoms with E-state index in [4.69, 9.17) is 5.73 Å². The van der Waals surface area contributed by atoms with E-state index in [0.29, 0.717) is 11.5 Å². The Morgan fingerprint density at radius 2 is 2.10 bits per heavy atom. The number of nitrogens with two attached hydrogens (primary N) is 1. The van der Waals surface area contributed by atoms with Crippen LogP contribution in [0.2, 0.25) is 0 Å². The van der Waals surface area contributed by atoms with Crippen molar-refractivity contribution in [3.63, 3.8) is 0 Å². The molecule has 1 aliphatic heterocycles. The Balaban J connectivity index is 2.03. The van der Waals surface area contributed by atoms with Gasteiger partial charge in [0.15, 0.2) is 0 Å². The first-order valence-corrected chi connectivity index (χ1v) is 8.12. The maximum atomic E-state index is 11.8. The van der Waals surface area contributed by atoms with Gasteiger partial charge in [0.25, 0.3) is 0 Å². The molecule has 1 aliphatic rings. The summed E-state index contributed by atoms with van der Waals surface area (Å²) >= 11 is 1.41. The topological polar surface area (TPSA) is 78.7 Å². The molecule has 2 amide bonds. The van der Waals surface area contributed by atoms with Crippen molar-refractivity contribution in [2.45, 2.75) is 6.42 Å². The van der Waals surface area contributed by atoms with Gasteiger partial charge in [-0.3, -0.25) is 9.59 Å². The second-order valence-electron chi connectivity index (χ2n) is 4.88. The van der Waals surface area contributed by atoms with Gasteiger partial charge in [0, 0.05) is 45.5 Å². The van der Waals surface area contributed by atoms with E-state index in [9.17, 15) is 9.59 Å². The van der Waals surface area contributed by atoms with E-state index < -0.39 is 5.91 Å². The predicted octanol–water partition coefficient (Wildman–Crippen LogP) is -0.837. The molecule has 115 valence electrons. The second-order valence-corrected chi connectivity index (χ2v) is 5.91. The summed E-state index contributed by atoms with van der Waals surface area (Å²) in [6.07, 6.45) is 2.39. The van der Waals surface area contributed by atoms with Gasteiger partial charge in [-0.2, -0.15) is 11.8 Å². The summed E-state index contributed by atoms with van der Waals surface area (Å²) in [6.45, 7) is 6.13. The van der Waals surface area contributed by atoms with Crippen molar-refractivity contribution in [3.05, 3.63) is 6.42 Å². The lowest BCUT2D eigenvalue weighted by atomic mass is 10.3. The average Bonchev–Trinajstić information content (AvgIpc) is 2.44. The zero-order valence-electron chi connectivity index (χ0n) is 12.1. The molecule has 0 saturated carbocycles. The number of piperazine rings is 1. The number of amides is 2. The SMILES string of the molecule is CN(CCCN1CCNCC1)C(=O)CSC[CH]C(N)=O. The van der Waals surface area contributed by atoms with Crippen LogP contribution in [0.1, 0.15) is 6.42 Å². The third kappa shape index (κ3) is 7.72. The summed E-state index contributed by atoms with van der Waals surface area (Å²) in [4.78, 5) is 26.5. The van der Waals surface area contributed by atoms with Gasteiger partial charge < -0.3 is 20.9 Å². The van der Waals surface area contributed by atoms with Gasteiger partial charge in [-0.05, 0) is 13.0 Å². The quantitative estimate of drug-likeness (QED) is 0.543. The molecule has 1 fully saturated rings. The van der Waals surface area contributed by atoms with Gasteiger partial charge in [-0.25, -0.2) is 0 Å². The van der Waals surface area contributed by atoms with Crippen molar-refractivity contribution in [2.24, 2.45) is 5.73 Å². The van der Waals surface area contributed by atoms with Crippen LogP contribution in [0.15, 0.2) is 0 Å². The highest BCUT2D eigenvalue weighted by Crippen LogP contribution is 2.04. The first-order chi connectivity index (χ1) is 9.59. The van der Waals surface area contributed by atoms with Crippen LogP contribution in [0.3, 0.4) is 0 Å². The minimum absolute atomic E-state index is 0.105. The van der Waals surface area contributed by atoms with Crippen molar-refractivity contribution in [3.8, 4) is 0 Å². The monoisotopic (exact) mass is 301 g/mol. The molecule has 1 rings (SSSR count). The number of nitrogens with zero attached hydrogens (tertiary/aromatic N) is 2. The van der Waals surface area contributed by atoms with E-state index in [2.05, 4.69) is 10.2 Å². The summed E-state index contributed by atoms with van der Waals surface area (Å²) in [7, 11) is 1.83. The van der Waals surface area contributed by atoms with Crippen LogP contribution in [0.4, 0.5) is 0 Å². The van der Waals surface area contributed by atoms with E-state index in [-0.39, 0.29) is 5.91 Å². The number of carbonyl (C=O) groups is 2. The molecule has 0 aliphatic carbocycles. The van der Waals surface area contributed by atoms with Gasteiger partial charge in [-0.1, -0.05) is 0 Å². The van der Waals surface area contributed by atoms with Crippen LogP contribution in [0, 0.1) is 6.42 Å². The number of thioether (sulfide) groups is 1. The molecular formula is C13H25N4O2S. The minimum Gasteiger partial charge on any atom is -0.369 e. The molecule has 1 radical (unpaired) electrons. The largest absolute Gasteiger partial charge is 0.369 e. The van der Waals surface area contributed by atoms with Crippen molar-refractivity contribution in [1.29, 1.82) is 0 Å². The van der Waals surface area contributed by atoms with Crippen LogP contribution in [-0.4, -0.2) is 79.4 Å². The fourth-order valence-corrected chi connectivity index (χ4v) is 2.78. The molecule has 3 N–H and O–H groups in total. The molecule has 1 heterocycles. The third-order valence-corrected chi connectivity index (χ3v) is 4.08. The molecule has 0 aromatic heterocycles. The number of carbonyl (C=O) groups excluding carboxylic acids is 2. The fourth-order valence-electron chi connectivity index (χ4n) is 1.99. The third-order valence-electron chi connectivity index (χ3n) is 3.23. The van der Waals surface area contributed by atoms with E-state index in [1.54, 1.807) is 4.90 Å². The summed E-state index contributed by atoms with van der Waals surface area (Å²) < 4.78 is 0. The van der Waals surface area contributed by atoms with E-state index >= 15 is 0 Å². The van der Waals surface area contributed by atoms with Gasteiger partial charge >= 0.3 is 0 Å². The van der Waals surface area contributed by atoms with Gasteiger partial charge in [0.05, 0.1) is 12.2 Å². The van der Waals surface area contributed by atoms with Crippen LogP contribution >= 0.6 is 11.8 Å². The lowest BCUT2D eigenvalue weighted by Gasteiger charge is -2.28. The normalized spacial score (nSPS) is 16.1. The zero-order valence-corrected chi connectivity index (χ0v) is 13.0. The molecule has 0 aromatic carbocycles. The molecule has 1 saturated heterocycles. The summed E-state index contributed by atoms with van der Waals surface area (Å²) in [5.74, 6) is 0.561. The van der Waals surface area contributed by atoms with Crippen molar-refractivity contribution in [2.75, 3.05) is 57.8 Å². The zero-order chi connectivity index (χ0) is 14.8. The highest BCUT2D eigenvalue weighted by molar-refractivity contribution is 8.00. The maximum absolute atomic E-state index is 11.8. The fraction of sp³-hybridized carbons (Fsp3) is 0.769. The molecule has 20 heavy (non-hydrogen) atoms. The van der Waals surface area contributed by atoms with E-state index in [1.165, 1.54) is 18.2 Å². The number of hydrogen-bond acceptors (Lipinski definition) is 5. The Hall–Kier alpha value is -0.790. The molecule has 0 spiro atoms. The Bertz CT molecular complexity index is 309. The van der Waals surface area contributed by atoms with Crippen LogP contribution in [0.5, 0.6) is 0 Å². The number of rotatable bonds is 9. The smallest absolute Gasteiger partial charge is 0.232 e. The van der Waals surface area contributed by atoms with Crippen LogP contribution in [-0.2, 0) is 9.59 Å². The highest BCUT2D eigenvalue weighted by atomic mass is 32.2. The Morgan fingerprint density at radius 1 is 1.40 bits per heavy atom. The molecule has 7 heteroatoms. The van der Waals surface area contributed by atoms with Gasteiger partial charge in [-0.15, -0.1) is 0 Å². The van der Waals surface area contributed by atoms with Crippen LogP contribution < -0.4 is 11.1 Å². The van der Waals surface area contributed by atoms with E-state index in [0.717, 1.165) is 45.7 Å². The first-order valence-electron chi connectivity index (χ1n) is 6.97. The summed E-state index contributed by atoms with van der Waals surface area (Å²) in [6, 6.07) is 0. The lowest BCUT2D eigenvalue weighted by Crippen LogP contribution is -2.44. The molecule has 0 atom stereocenters. The molecule has 0 unspecified atom stereocenters. The van der Waals surface area contributed by atoms with E-state index in [1.807, 2.05) is 7.05 Å². The van der Waals surface area contributed by atoms with Crippen LogP contribution in [0.25, 0.3) is 0 Å². The summed E-state index contributed by atoms with van der Waals surface area (Å²) in [5, 5.41) is 3.32. The van der Waals surface area contributed by atoms with Gasteiger partial charge in [0.2, 0.25) is 11.8 Å². The minimum atomic E-state index is -0.436. The lowest BCUT2D eigenvalue weighted by molar-refractivity contribution is -0.127. The van der Waals surface area contributed by atoms with Gasteiger partial charge in [0.1, 0.15) is 0 Å². The number of nitrogens with one attached hydrogen (secondary N) is 1. The van der Waals surface area contributed by atoms with Crippen molar-refractivity contribution < 1.29 is 9.59 Å². The molecule has 0 bridgehead atoms. The summed E-state index contributed by atoms with van der Waals surface area (Å²) in [5.41, 5.74) is 4.99. The molecule has 6 nitrogen and oxygen atoms in total. The van der Waals surface area contributed by atoms with Crippen molar-refractivity contribution >= 4 is 23.6 Å². The molecule has 0 aromatic rings. The first kappa shape index (κ1) is 17.3.